The molecule has 2 heterocycles. The fraction of sp³-hybridized carbons (Fsp3) is 0.364. The van der Waals surface area contributed by atoms with Gasteiger partial charge in [0.05, 0.1) is 31.1 Å². The van der Waals surface area contributed by atoms with E-state index in [1.165, 1.54) is 23.1 Å². The van der Waals surface area contributed by atoms with Crippen LogP contribution in [0.15, 0.2) is 59.8 Å². The Kier molecular flexibility index (Phi) is 11.7. The lowest BCUT2D eigenvalue weighted by Crippen LogP contribution is -2.29. The van der Waals surface area contributed by atoms with Gasteiger partial charge >= 0.3 is 5.97 Å². The fourth-order valence-electron chi connectivity index (χ4n) is 5.06. The number of thiophene rings is 1. The molecule has 2 N–H and O–H groups in total. The van der Waals surface area contributed by atoms with E-state index in [9.17, 15) is 14.4 Å². The summed E-state index contributed by atoms with van der Waals surface area (Å²) < 4.78 is 18.3. The van der Waals surface area contributed by atoms with Gasteiger partial charge < -0.3 is 24.8 Å². The lowest BCUT2D eigenvalue weighted by molar-refractivity contribution is -0.123. The number of aryl methyl sites for hydroxylation is 1. The van der Waals surface area contributed by atoms with Gasteiger partial charge in [-0.2, -0.15) is 0 Å². The van der Waals surface area contributed by atoms with Crippen molar-refractivity contribution in [3.8, 4) is 17.2 Å². The summed E-state index contributed by atoms with van der Waals surface area (Å²) in [6, 6.07) is 16.5. The number of nitrogens with zero attached hydrogens (tertiary/aromatic N) is 3. The van der Waals surface area contributed by atoms with Gasteiger partial charge in [0.1, 0.15) is 16.5 Å². The first-order chi connectivity index (χ1) is 22.5. The maximum absolute atomic E-state index is 13.3. The predicted molar refractivity (Wildman–Crippen MR) is 177 cm³/mol. The Balaban J connectivity index is 1.30. The van der Waals surface area contributed by atoms with Crippen LogP contribution in [0.2, 0.25) is 0 Å². The molecule has 2 aromatic heterocycles. The Hall–Kier alpha value is -4.36. The minimum absolute atomic E-state index is 0.0251. The second kappa shape index (κ2) is 16.3. The Morgan fingerprint density at radius 2 is 1.65 bits per heavy atom. The number of rotatable bonds is 14. The number of hydrogen-bond acceptors (Lipinski definition) is 10. The Labute approximate surface area is 276 Å². The van der Waals surface area contributed by atoms with Crippen LogP contribution in [0.25, 0.3) is 5.69 Å². The molecule has 0 fully saturated rings. The van der Waals surface area contributed by atoms with Crippen LogP contribution in [0.4, 0.5) is 5.00 Å². The van der Waals surface area contributed by atoms with Gasteiger partial charge in [0.25, 0.3) is 5.91 Å². The summed E-state index contributed by atoms with van der Waals surface area (Å²) in [4.78, 5) is 39.9. The summed E-state index contributed by atoms with van der Waals surface area (Å²) in [6.07, 6.45) is 4.87. The molecule has 0 atom stereocenters. The SMILES string of the molecule is CCOC(=O)c1c(NC(=O)CSc2nnc(CNC(=O)COc3ccccc3)n2-c2ccc(OCC)cc2)sc2c1CCCCC2. The van der Waals surface area contributed by atoms with Crippen LogP contribution in [0, 0.1) is 0 Å². The van der Waals surface area contributed by atoms with E-state index < -0.39 is 5.97 Å². The molecule has 13 heteroatoms. The molecule has 0 radical (unpaired) electrons. The van der Waals surface area contributed by atoms with Crippen molar-refractivity contribution in [2.75, 3.05) is 30.9 Å². The summed E-state index contributed by atoms with van der Waals surface area (Å²) in [5, 5.41) is 15.5. The number of fused-ring (bicyclic) bond motifs is 1. The molecule has 2 aromatic carbocycles. The number of esters is 1. The monoisotopic (exact) mass is 663 g/mol. The van der Waals surface area contributed by atoms with Gasteiger partial charge in [-0.15, -0.1) is 21.5 Å². The zero-order valence-corrected chi connectivity index (χ0v) is 27.5. The van der Waals surface area contributed by atoms with Gasteiger partial charge in [-0.1, -0.05) is 36.4 Å². The molecular formula is C33H37N5O6S2. The summed E-state index contributed by atoms with van der Waals surface area (Å²) in [7, 11) is 0. The number of anilines is 1. The highest BCUT2D eigenvalue weighted by atomic mass is 32.2. The van der Waals surface area contributed by atoms with Crippen LogP contribution in [0.1, 0.15) is 59.7 Å². The van der Waals surface area contributed by atoms with Crippen molar-refractivity contribution in [3.63, 3.8) is 0 Å². The molecule has 0 spiro atoms. The molecule has 4 aromatic rings. The van der Waals surface area contributed by atoms with Gasteiger partial charge in [-0.05, 0) is 81.5 Å². The van der Waals surface area contributed by atoms with Crippen molar-refractivity contribution in [3.05, 3.63) is 76.4 Å². The average molecular weight is 664 g/mol. The number of nitrogens with one attached hydrogen (secondary N) is 2. The summed E-state index contributed by atoms with van der Waals surface area (Å²) >= 11 is 2.67. The molecule has 2 amide bonds. The standard InChI is InChI=1S/C33H37N5O6S2/c1-3-42-24-17-15-22(16-18-24)38-27(19-34-28(39)20-44-23-11-7-5-8-12-23)36-37-33(38)45-21-29(40)35-31-30(32(41)43-4-2)25-13-9-6-10-14-26(25)46-31/h5,7-8,11-12,15-18H,3-4,6,9-10,13-14,19-21H2,1-2H3,(H,34,39)(H,35,40). The number of para-hydroxylation sites is 1. The highest BCUT2D eigenvalue weighted by Crippen LogP contribution is 2.38. The highest BCUT2D eigenvalue weighted by molar-refractivity contribution is 7.99. The van der Waals surface area contributed by atoms with E-state index in [4.69, 9.17) is 14.2 Å². The largest absolute Gasteiger partial charge is 0.494 e. The molecular weight excluding hydrogens is 627 g/mol. The molecule has 0 unspecified atom stereocenters. The minimum Gasteiger partial charge on any atom is -0.494 e. The molecule has 242 valence electrons. The van der Waals surface area contributed by atoms with E-state index in [1.807, 2.05) is 49.4 Å². The van der Waals surface area contributed by atoms with E-state index in [-0.39, 0.29) is 37.3 Å². The first kappa shape index (κ1) is 33.0. The van der Waals surface area contributed by atoms with Crippen LogP contribution < -0.4 is 20.1 Å². The zero-order valence-electron chi connectivity index (χ0n) is 25.9. The number of hydrogen-bond donors (Lipinski definition) is 2. The molecule has 0 aliphatic heterocycles. The minimum atomic E-state index is -0.402. The number of aromatic nitrogens is 3. The summed E-state index contributed by atoms with van der Waals surface area (Å²) in [6.45, 7) is 4.43. The van der Waals surface area contributed by atoms with Gasteiger partial charge in [-0.25, -0.2) is 4.79 Å². The zero-order chi connectivity index (χ0) is 32.3. The van der Waals surface area contributed by atoms with Crippen molar-refractivity contribution in [2.45, 2.75) is 57.7 Å². The maximum Gasteiger partial charge on any atom is 0.341 e. The van der Waals surface area contributed by atoms with Crippen LogP contribution >= 0.6 is 23.1 Å². The predicted octanol–water partition coefficient (Wildman–Crippen LogP) is 5.60. The number of benzene rings is 2. The van der Waals surface area contributed by atoms with E-state index in [1.54, 1.807) is 23.6 Å². The summed E-state index contributed by atoms with van der Waals surface area (Å²) in [5.41, 5.74) is 2.22. The highest BCUT2D eigenvalue weighted by Gasteiger charge is 2.27. The topological polar surface area (TPSA) is 134 Å². The van der Waals surface area contributed by atoms with Gasteiger partial charge in [0, 0.05) is 10.6 Å². The number of carbonyl (C=O) groups is 3. The lowest BCUT2D eigenvalue weighted by Gasteiger charge is -2.12. The molecule has 46 heavy (non-hydrogen) atoms. The third-order valence-corrected chi connectivity index (χ3v) is 9.29. The average Bonchev–Trinajstić information content (AvgIpc) is 3.54. The molecule has 5 rings (SSSR count). The molecule has 0 bridgehead atoms. The van der Waals surface area contributed by atoms with E-state index in [0.717, 1.165) is 48.2 Å². The summed E-state index contributed by atoms with van der Waals surface area (Å²) in [5.74, 6) is 0.823. The number of ether oxygens (including phenoxy) is 3. The lowest BCUT2D eigenvalue weighted by atomic mass is 10.1. The number of amides is 2. The number of carbonyl (C=O) groups excluding carboxylic acids is 3. The van der Waals surface area contributed by atoms with Gasteiger partial charge in [0.2, 0.25) is 5.91 Å². The molecule has 0 saturated heterocycles. The third-order valence-electron chi connectivity index (χ3n) is 7.15. The molecule has 11 nitrogen and oxygen atoms in total. The van der Waals surface area contributed by atoms with Gasteiger partial charge in [0.15, 0.2) is 17.6 Å². The molecule has 0 saturated carbocycles. The van der Waals surface area contributed by atoms with Crippen LogP contribution in [0.5, 0.6) is 11.5 Å². The maximum atomic E-state index is 13.3. The number of thioether (sulfide) groups is 1. The third kappa shape index (κ3) is 8.46. The van der Waals surface area contributed by atoms with Crippen molar-refractivity contribution >= 4 is 45.9 Å². The van der Waals surface area contributed by atoms with Crippen molar-refractivity contribution < 1.29 is 28.6 Å². The van der Waals surface area contributed by atoms with Crippen molar-refractivity contribution in [1.82, 2.24) is 20.1 Å². The van der Waals surface area contributed by atoms with Gasteiger partial charge in [-0.3, -0.25) is 14.2 Å². The molecule has 1 aliphatic carbocycles. The quantitative estimate of drug-likeness (QED) is 0.101. The van der Waals surface area contributed by atoms with Crippen LogP contribution in [0.3, 0.4) is 0 Å². The van der Waals surface area contributed by atoms with Crippen LogP contribution in [-0.2, 0) is 33.7 Å². The van der Waals surface area contributed by atoms with Crippen LogP contribution in [-0.4, -0.2) is 58.1 Å². The first-order valence-electron chi connectivity index (χ1n) is 15.3. The van der Waals surface area contributed by atoms with E-state index >= 15 is 0 Å². The Bertz CT molecular complexity index is 1640. The second-order valence-electron chi connectivity index (χ2n) is 10.4. The van der Waals surface area contributed by atoms with E-state index in [2.05, 4.69) is 20.8 Å². The second-order valence-corrected chi connectivity index (χ2v) is 12.4. The smallest absolute Gasteiger partial charge is 0.341 e. The van der Waals surface area contributed by atoms with Crippen molar-refractivity contribution in [2.24, 2.45) is 0 Å². The van der Waals surface area contributed by atoms with Crippen molar-refractivity contribution in [1.29, 1.82) is 0 Å². The molecule has 1 aliphatic rings. The van der Waals surface area contributed by atoms with E-state index in [0.29, 0.717) is 39.7 Å². The Morgan fingerprint density at radius 1 is 0.891 bits per heavy atom. The fourth-order valence-corrected chi connectivity index (χ4v) is 7.13. The normalized spacial score (nSPS) is 12.5. The Morgan fingerprint density at radius 3 is 2.41 bits per heavy atom. The first-order valence-corrected chi connectivity index (χ1v) is 17.1.